The van der Waals surface area contributed by atoms with Crippen LogP contribution in [0.25, 0.3) is 5.57 Å². The van der Waals surface area contributed by atoms with Crippen LogP contribution in [-0.4, -0.2) is 11.8 Å². The number of nitrogens with one attached hydrogen (secondary N) is 1. The topological polar surface area (TPSA) is 49.4 Å². The molecule has 4 nitrogen and oxygen atoms in total. The number of benzene rings is 3. The van der Waals surface area contributed by atoms with Crippen LogP contribution >= 0.6 is 0 Å². The van der Waals surface area contributed by atoms with E-state index in [1.165, 1.54) is 4.90 Å². The third-order valence-corrected chi connectivity index (χ3v) is 5.25. The first-order valence-electron chi connectivity index (χ1n) is 9.56. The molecule has 144 valence electrons. The Morgan fingerprint density at radius 3 is 2.21 bits per heavy atom. The van der Waals surface area contributed by atoms with Crippen molar-refractivity contribution in [1.82, 2.24) is 0 Å². The van der Waals surface area contributed by atoms with Crippen LogP contribution in [0.4, 0.5) is 11.4 Å². The maximum Gasteiger partial charge on any atom is 0.282 e. The second kappa shape index (κ2) is 7.40. The summed E-state index contributed by atoms with van der Waals surface area (Å²) in [6.45, 7) is 5.89. The van der Waals surface area contributed by atoms with Crippen molar-refractivity contribution in [2.24, 2.45) is 0 Å². The van der Waals surface area contributed by atoms with Gasteiger partial charge in [0.25, 0.3) is 11.8 Å². The molecule has 0 aromatic heterocycles. The average Bonchev–Trinajstić information content (AvgIpc) is 2.95. The molecule has 1 heterocycles. The van der Waals surface area contributed by atoms with Crippen LogP contribution in [0, 0.1) is 20.8 Å². The lowest BCUT2D eigenvalue weighted by Gasteiger charge is -2.19. The number of amides is 2. The lowest BCUT2D eigenvalue weighted by Crippen LogP contribution is -2.33. The average molecular weight is 382 g/mol. The van der Waals surface area contributed by atoms with E-state index in [0.29, 0.717) is 22.5 Å². The number of anilines is 2. The number of hydrogen-bond acceptors (Lipinski definition) is 3. The van der Waals surface area contributed by atoms with Crippen molar-refractivity contribution in [3.8, 4) is 0 Å². The summed E-state index contributed by atoms with van der Waals surface area (Å²) >= 11 is 0. The highest BCUT2D eigenvalue weighted by Gasteiger charge is 2.40. The van der Waals surface area contributed by atoms with Gasteiger partial charge in [0.2, 0.25) is 0 Å². The monoisotopic (exact) mass is 382 g/mol. The van der Waals surface area contributed by atoms with E-state index in [1.54, 1.807) is 0 Å². The SMILES string of the molecule is Cc1cccc(NC2=C(c3ccccc3)C(=O)N(c3cccc(C)c3C)C2=O)c1. The smallest absolute Gasteiger partial charge is 0.282 e. The highest BCUT2D eigenvalue weighted by molar-refractivity contribution is 6.46. The summed E-state index contributed by atoms with van der Waals surface area (Å²) in [6, 6.07) is 22.7. The van der Waals surface area contributed by atoms with Crippen molar-refractivity contribution in [2.75, 3.05) is 10.2 Å². The summed E-state index contributed by atoms with van der Waals surface area (Å²) in [4.78, 5) is 28.2. The largest absolute Gasteiger partial charge is 0.350 e. The van der Waals surface area contributed by atoms with Gasteiger partial charge >= 0.3 is 0 Å². The van der Waals surface area contributed by atoms with Gasteiger partial charge in [-0.25, -0.2) is 4.90 Å². The number of aryl methyl sites for hydroxylation is 2. The van der Waals surface area contributed by atoms with Crippen molar-refractivity contribution in [3.05, 3.63) is 101 Å². The second-order valence-corrected chi connectivity index (χ2v) is 7.28. The van der Waals surface area contributed by atoms with Gasteiger partial charge in [0, 0.05) is 5.69 Å². The minimum Gasteiger partial charge on any atom is -0.350 e. The summed E-state index contributed by atoms with van der Waals surface area (Å²) in [7, 11) is 0. The standard InChI is InChI=1S/C25H22N2O2/c1-16-9-7-13-20(15-16)26-23-22(19-11-5-4-6-12-19)24(28)27(25(23)29)21-14-8-10-17(2)18(21)3/h4-15,26H,1-3H3. The molecule has 29 heavy (non-hydrogen) atoms. The van der Waals surface area contributed by atoms with Crippen LogP contribution in [0.2, 0.25) is 0 Å². The number of imide groups is 1. The Labute approximate surface area is 170 Å². The maximum absolute atomic E-state index is 13.5. The molecule has 2 amide bonds. The van der Waals surface area contributed by atoms with Crippen molar-refractivity contribution in [2.45, 2.75) is 20.8 Å². The van der Waals surface area contributed by atoms with E-state index in [2.05, 4.69) is 5.32 Å². The van der Waals surface area contributed by atoms with Crippen LogP contribution < -0.4 is 10.2 Å². The Balaban J connectivity index is 1.85. The lowest BCUT2D eigenvalue weighted by atomic mass is 10.0. The Morgan fingerprint density at radius 1 is 0.759 bits per heavy atom. The first-order chi connectivity index (χ1) is 14.0. The number of carbonyl (C=O) groups excluding carboxylic acids is 2. The predicted octanol–water partition coefficient (Wildman–Crippen LogP) is 5.01. The van der Waals surface area contributed by atoms with Gasteiger partial charge in [-0.2, -0.15) is 0 Å². The van der Waals surface area contributed by atoms with Crippen LogP contribution in [0.3, 0.4) is 0 Å². The van der Waals surface area contributed by atoms with Crippen LogP contribution in [0.1, 0.15) is 22.3 Å². The molecule has 0 spiro atoms. The number of nitrogens with zero attached hydrogens (tertiary/aromatic N) is 1. The molecular weight excluding hydrogens is 360 g/mol. The van der Waals surface area contributed by atoms with E-state index < -0.39 is 0 Å². The second-order valence-electron chi connectivity index (χ2n) is 7.28. The lowest BCUT2D eigenvalue weighted by molar-refractivity contribution is -0.120. The van der Waals surface area contributed by atoms with E-state index in [1.807, 2.05) is 93.6 Å². The van der Waals surface area contributed by atoms with Gasteiger partial charge in [-0.1, -0.05) is 54.6 Å². The van der Waals surface area contributed by atoms with Gasteiger partial charge in [-0.05, 0) is 61.2 Å². The zero-order valence-corrected chi connectivity index (χ0v) is 16.7. The molecule has 0 radical (unpaired) electrons. The molecule has 1 aliphatic rings. The van der Waals surface area contributed by atoms with Crippen molar-refractivity contribution >= 4 is 28.8 Å². The van der Waals surface area contributed by atoms with Crippen molar-refractivity contribution < 1.29 is 9.59 Å². The number of carbonyl (C=O) groups is 2. The van der Waals surface area contributed by atoms with E-state index in [0.717, 1.165) is 22.4 Å². The first kappa shape index (κ1) is 18.7. The quantitative estimate of drug-likeness (QED) is 0.646. The molecule has 1 N–H and O–H groups in total. The summed E-state index contributed by atoms with van der Waals surface area (Å²) < 4.78 is 0. The summed E-state index contributed by atoms with van der Waals surface area (Å²) in [5.74, 6) is -0.658. The zero-order valence-electron chi connectivity index (χ0n) is 16.7. The number of hydrogen-bond donors (Lipinski definition) is 1. The van der Waals surface area contributed by atoms with E-state index >= 15 is 0 Å². The van der Waals surface area contributed by atoms with Gasteiger partial charge in [-0.3, -0.25) is 9.59 Å². The molecule has 0 bridgehead atoms. The third-order valence-electron chi connectivity index (χ3n) is 5.25. The normalized spacial score (nSPS) is 14.0. The van der Waals surface area contributed by atoms with Crippen LogP contribution in [0.5, 0.6) is 0 Å². The zero-order chi connectivity index (χ0) is 20.5. The van der Waals surface area contributed by atoms with Gasteiger partial charge in [0.1, 0.15) is 5.70 Å². The Kier molecular flexibility index (Phi) is 4.77. The molecule has 0 saturated heterocycles. The summed E-state index contributed by atoms with van der Waals surface area (Å²) in [6.07, 6.45) is 0. The Bertz CT molecular complexity index is 1150. The summed E-state index contributed by atoms with van der Waals surface area (Å²) in [5.41, 5.74) is 5.81. The molecule has 4 heteroatoms. The van der Waals surface area contributed by atoms with Crippen molar-refractivity contribution in [1.29, 1.82) is 0 Å². The first-order valence-corrected chi connectivity index (χ1v) is 9.56. The van der Waals surface area contributed by atoms with Gasteiger partial charge < -0.3 is 5.32 Å². The molecular formula is C25H22N2O2. The Hall–Kier alpha value is -3.66. The van der Waals surface area contributed by atoms with E-state index in [9.17, 15) is 9.59 Å². The molecule has 0 atom stereocenters. The van der Waals surface area contributed by atoms with E-state index in [-0.39, 0.29) is 11.8 Å². The molecule has 0 aliphatic carbocycles. The van der Waals surface area contributed by atoms with Gasteiger partial charge in [0.15, 0.2) is 0 Å². The number of rotatable bonds is 4. The third kappa shape index (κ3) is 3.34. The van der Waals surface area contributed by atoms with Crippen LogP contribution in [0.15, 0.2) is 78.5 Å². The van der Waals surface area contributed by atoms with E-state index in [4.69, 9.17) is 0 Å². The molecule has 0 fully saturated rings. The fraction of sp³-hybridized carbons (Fsp3) is 0.120. The minimum absolute atomic E-state index is 0.299. The molecule has 3 aromatic rings. The highest BCUT2D eigenvalue weighted by atomic mass is 16.2. The fourth-order valence-corrected chi connectivity index (χ4v) is 3.58. The Morgan fingerprint density at radius 2 is 1.48 bits per heavy atom. The highest BCUT2D eigenvalue weighted by Crippen LogP contribution is 2.35. The molecule has 0 unspecified atom stereocenters. The fourth-order valence-electron chi connectivity index (χ4n) is 3.58. The van der Waals surface area contributed by atoms with Crippen molar-refractivity contribution in [3.63, 3.8) is 0 Å². The molecule has 1 aliphatic heterocycles. The maximum atomic E-state index is 13.5. The predicted molar refractivity (Wildman–Crippen MR) is 117 cm³/mol. The minimum atomic E-state index is -0.343. The van der Waals surface area contributed by atoms with Crippen LogP contribution in [-0.2, 0) is 9.59 Å². The molecule has 4 rings (SSSR count). The summed E-state index contributed by atoms with van der Waals surface area (Å²) in [5, 5.41) is 3.21. The van der Waals surface area contributed by atoms with Gasteiger partial charge in [-0.15, -0.1) is 0 Å². The van der Waals surface area contributed by atoms with Gasteiger partial charge in [0.05, 0.1) is 11.3 Å². The molecule has 0 saturated carbocycles. The molecule has 3 aromatic carbocycles.